The van der Waals surface area contributed by atoms with E-state index >= 15 is 0 Å². The van der Waals surface area contributed by atoms with Gasteiger partial charge in [0.25, 0.3) is 0 Å². The van der Waals surface area contributed by atoms with E-state index in [-0.39, 0.29) is 18.0 Å². The van der Waals surface area contributed by atoms with Gasteiger partial charge in [0.2, 0.25) is 0 Å². The van der Waals surface area contributed by atoms with Crippen molar-refractivity contribution < 1.29 is 19.0 Å². The van der Waals surface area contributed by atoms with Crippen molar-refractivity contribution in [1.29, 1.82) is 0 Å². The average molecular weight is 403 g/mol. The van der Waals surface area contributed by atoms with E-state index < -0.39 is 0 Å². The minimum atomic E-state index is 0.00201. The Morgan fingerprint density at radius 2 is 1.33 bits per heavy atom. The minimum Gasteiger partial charge on any atom is -0.465 e. The van der Waals surface area contributed by atoms with Crippen molar-refractivity contribution in [1.82, 2.24) is 0 Å². The van der Waals surface area contributed by atoms with Crippen LogP contribution in [0.15, 0.2) is 0 Å². The Morgan fingerprint density at radius 3 is 1.93 bits per heavy atom. The SMILES string of the molecule is CCCCCCCOC(=O)C1CCC(OCCOC2CCC(Cl)CC2)CC1. The lowest BCUT2D eigenvalue weighted by molar-refractivity contribution is -0.151. The van der Waals surface area contributed by atoms with Crippen LogP contribution in [-0.2, 0) is 19.0 Å². The van der Waals surface area contributed by atoms with Crippen LogP contribution < -0.4 is 0 Å². The molecule has 0 aromatic heterocycles. The Morgan fingerprint density at radius 1 is 0.778 bits per heavy atom. The van der Waals surface area contributed by atoms with Gasteiger partial charge in [-0.2, -0.15) is 0 Å². The first kappa shape index (κ1) is 23.0. The monoisotopic (exact) mass is 402 g/mol. The van der Waals surface area contributed by atoms with Crippen LogP contribution in [0.4, 0.5) is 0 Å². The van der Waals surface area contributed by atoms with E-state index in [2.05, 4.69) is 6.92 Å². The number of hydrogen-bond acceptors (Lipinski definition) is 4. The molecule has 0 bridgehead atoms. The number of ether oxygens (including phenoxy) is 3. The summed E-state index contributed by atoms with van der Waals surface area (Å²) in [7, 11) is 0. The van der Waals surface area contributed by atoms with Gasteiger partial charge in [-0.05, 0) is 57.8 Å². The van der Waals surface area contributed by atoms with E-state index in [1.165, 1.54) is 19.3 Å². The fourth-order valence-electron chi connectivity index (χ4n) is 4.08. The van der Waals surface area contributed by atoms with Crippen LogP contribution in [0.1, 0.15) is 90.4 Å². The van der Waals surface area contributed by atoms with Crippen molar-refractivity contribution >= 4 is 17.6 Å². The third-order valence-electron chi connectivity index (χ3n) is 5.89. The lowest BCUT2D eigenvalue weighted by atomic mass is 9.87. The molecular formula is C22H39ClO4. The summed E-state index contributed by atoms with van der Waals surface area (Å²) in [4.78, 5) is 12.2. The zero-order chi connectivity index (χ0) is 19.3. The van der Waals surface area contributed by atoms with Crippen molar-refractivity contribution in [2.45, 2.75) is 108 Å². The minimum absolute atomic E-state index is 0.00201. The first-order chi connectivity index (χ1) is 13.2. The highest BCUT2D eigenvalue weighted by Gasteiger charge is 2.27. The average Bonchev–Trinajstić information content (AvgIpc) is 2.69. The van der Waals surface area contributed by atoms with E-state index in [9.17, 15) is 4.79 Å². The molecule has 2 aliphatic rings. The van der Waals surface area contributed by atoms with Gasteiger partial charge in [-0.25, -0.2) is 0 Å². The standard InChI is InChI=1S/C22H39ClO4/c1-2-3-4-5-6-15-27-22(24)18-7-11-20(12-8-18)25-16-17-26-21-13-9-19(23)10-14-21/h18-21H,2-17H2,1H3. The molecule has 158 valence electrons. The first-order valence-corrected chi connectivity index (χ1v) is 11.7. The maximum Gasteiger partial charge on any atom is 0.308 e. The number of carbonyl (C=O) groups excluding carboxylic acids is 1. The summed E-state index contributed by atoms with van der Waals surface area (Å²) >= 11 is 6.12. The fraction of sp³-hybridized carbons (Fsp3) is 0.955. The molecule has 0 heterocycles. The molecule has 2 rings (SSSR count). The molecule has 2 saturated carbocycles. The van der Waals surface area contributed by atoms with Gasteiger partial charge < -0.3 is 14.2 Å². The molecule has 0 radical (unpaired) electrons. The molecule has 0 saturated heterocycles. The lowest BCUT2D eigenvalue weighted by Gasteiger charge is -2.28. The van der Waals surface area contributed by atoms with Crippen LogP contribution in [0, 0.1) is 5.92 Å². The van der Waals surface area contributed by atoms with E-state index in [1.54, 1.807) is 0 Å². The predicted octanol–water partition coefficient (Wildman–Crippen LogP) is 5.64. The summed E-state index contributed by atoms with van der Waals surface area (Å²) in [5.41, 5.74) is 0. The molecule has 0 atom stereocenters. The number of rotatable bonds is 12. The third kappa shape index (κ3) is 9.62. The normalized spacial score (nSPS) is 28.8. The highest BCUT2D eigenvalue weighted by atomic mass is 35.5. The largest absolute Gasteiger partial charge is 0.465 e. The summed E-state index contributed by atoms with van der Waals surface area (Å²) in [5, 5.41) is 0.337. The van der Waals surface area contributed by atoms with Gasteiger partial charge in [0.05, 0.1) is 37.9 Å². The maximum atomic E-state index is 12.2. The van der Waals surface area contributed by atoms with Crippen molar-refractivity contribution in [3.8, 4) is 0 Å². The molecule has 0 amide bonds. The van der Waals surface area contributed by atoms with Gasteiger partial charge in [-0.15, -0.1) is 11.6 Å². The van der Waals surface area contributed by atoms with Gasteiger partial charge in [0, 0.05) is 5.38 Å². The smallest absolute Gasteiger partial charge is 0.308 e. The molecule has 5 heteroatoms. The summed E-state index contributed by atoms with van der Waals surface area (Å²) in [6, 6.07) is 0. The third-order valence-corrected chi connectivity index (χ3v) is 6.33. The Balaban J connectivity index is 1.45. The second-order valence-corrected chi connectivity index (χ2v) is 8.79. The number of esters is 1. The molecule has 0 N–H and O–H groups in total. The van der Waals surface area contributed by atoms with Crippen LogP contribution in [-0.4, -0.2) is 43.4 Å². The van der Waals surface area contributed by atoms with Crippen molar-refractivity contribution in [2.24, 2.45) is 5.92 Å². The predicted molar refractivity (Wildman–Crippen MR) is 109 cm³/mol. The number of alkyl halides is 1. The topological polar surface area (TPSA) is 44.8 Å². The Kier molecular flexibility index (Phi) is 11.7. The van der Waals surface area contributed by atoms with Crippen LogP contribution in [0.25, 0.3) is 0 Å². The Bertz CT molecular complexity index is 388. The molecular weight excluding hydrogens is 364 g/mol. The van der Waals surface area contributed by atoms with E-state index in [0.717, 1.165) is 64.2 Å². The zero-order valence-electron chi connectivity index (χ0n) is 17.1. The number of unbranched alkanes of at least 4 members (excludes halogenated alkanes) is 4. The van der Waals surface area contributed by atoms with Crippen LogP contribution >= 0.6 is 11.6 Å². The molecule has 0 aromatic carbocycles. The van der Waals surface area contributed by atoms with Gasteiger partial charge in [-0.1, -0.05) is 32.6 Å². The van der Waals surface area contributed by atoms with Crippen LogP contribution in [0.3, 0.4) is 0 Å². The molecule has 0 aromatic rings. The molecule has 27 heavy (non-hydrogen) atoms. The van der Waals surface area contributed by atoms with Gasteiger partial charge in [0.15, 0.2) is 0 Å². The molecule has 0 unspecified atom stereocenters. The highest BCUT2D eigenvalue weighted by molar-refractivity contribution is 6.20. The Labute approximate surface area is 170 Å². The second kappa shape index (κ2) is 13.8. The van der Waals surface area contributed by atoms with Crippen molar-refractivity contribution in [3.05, 3.63) is 0 Å². The van der Waals surface area contributed by atoms with E-state index in [0.29, 0.717) is 31.3 Å². The van der Waals surface area contributed by atoms with E-state index in [1.807, 2.05) is 0 Å². The highest BCUT2D eigenvalue weighted by Crippen LogP contribution is 2.28. The number of halogens is 1. The van der Waals surface area contributed by atoms with Crippen molar-refractivity contribution in [3.63, 3.8) is 0 Å². The summed E-state index contributed by atoms with van der Waals surface area (Å²) in [5.74, 6) is 0.0737. The summed E-state index contributed by atoms with van der Waals surface area (Å²) < 4.78 is 17.3. The summed E-state index contributed by atoms with van der Waals surface area (Å²) in [6.45, 7) is 4.11. The molecule has 0 spiro atoms. The quantitative estimate of drug-likeness (QED) is 0.240. The fourth-order valence-corrected chi connectivity index (χ4v) is 4.33. The molecule has 2 aliphatic carbocycles. The molecule has 2 fully saturated rings. The Hall–Kier alpha value is -0.320. The van der Waals surface area contributed by atoms with Crippen LogP contribution in [0.5, 0.6) is 0 Å². The number of carbonyl (C=O) groups is 1. The van der Waals surface area contributed by atoms with Gasteiger partial charge in [0.1, 0.15) is 0 Å². The van der Waals surface area contributed by atoms with Crippen LogP contribution in [0.2, 0.25) is 0 Å². The maximum absolute atomic E-state index is 12.2. The van der Waals surface area contributed by atoms with Gasteiger partial charge in [-0.3, -0.25) is 4.79 Å². The van der Waals surface area contributed by atoms with Gasteiger partial charge >= 0.3 is 5.97 Å². The lowest BCUT2D eigenvalue weighted by Crippen LogP contribution is -2.29. The zero-order valence-corrected chi connectivity index (χ0v) is 17.9. The second-order valence-electron chi connectivity index (χ2n) is 8.17. The number of hydrogen-bond donors (Lipinski definition) is 0. The molecule has 4 nitrogen and oxygen atoms in total. The van der Waals surface area contributed by atoms with E-state index in [4.69, 9.17) is 25.8 Å². The summed E-state index contributed by atoms with van der Waals surface area (Å²) in [6.07, 6.45) is 14.5. The van der Waals surface area contributed by atoms with Crippen molar-refractivity contribution in [2.75, 3.05) is 19.8 Å². The molecule has 0 aliphatic heterocycles. The first-order valence-electron chi connectivity index (χ1n) is 11.2.